The second-order valence-electron chi connectivity index (χ2n) is 5.13. The van der Waals surface area contributed by atoms with E-state index in [9.17, 15) is 0 Å². The van der Waals surface area contributed by atoms with Crippen LogP contribution < -0.4 is 0 Å². The zero-order valence-corrected chi connectivity index (χ0v) is 11.9. The number of aromatic nitrogens is 1. The maximum atomic E-state index is 5.74. The lowest BCUT2D eigenvalue weighted by Gasteiger charge is -2.37. The number of ether oxygens (including phenoxy) is 2. The zero-order chi connectivity index (χ0) is 12.6. The quantitative estimate of drug-likeness (QED) is 0.822. The van der Waals surface area contributed by atoms with E-state index >= 15 is 0 Å². The van der Waals surface area contributed by atoms with Crippen molar-refractivity contribution >= 4 is 11.3 Å². The van der Waals surface area contributed by atoms with Crippen LogP contribution in [0.5, 0.6) is 0 Å². The fraction of sp³-hybridized carbons (Fsp3) is 0.769. The van der Waals surface area contributed by atoms with Crippen LogP contribution in [0.1, 0.15) is 28.4 Å². The Bertz CT molecular complexity index is 397. The van der Waals surface area contributed by atoms with Gasteiger partial charge in [-0.05, 0) is 13.8 Å². The van der Waals surface area contributed by atoms with Crippen molar-refractivity contribution < 1.29 is 9.47 Å². The molecule has 2 aliphatic rings. The molecule has 0 unspecified atom stereocenters. The molecule has 3 rings (SSSR count). The van der Waals surface area contributed by atoms with Crippen molar-refractivity contribution in [1.29, 1.82) is 0 Å². The van der Waals surface area contributed by atoms with Gasteiger partial charge in [0.25, 0.3) is 0 Å². The third kappa shape index (κ3) is 2.45. The summed E-state index contributed by atoms with van der Waals surface area (Å²) in [6, 6.07) is 0. The molecule has 100 valence electrons. The van der Waals surface area contributed by atoms with Crippen LogP contribution in [-0.2, 0) is 16.0 Å². The Morgan fingerprint density at radius 2 is 1.89 bits per heavy atom. The van der Waals surface area contributed by atoms with Crippen LogP contribution in [0.3, 0.4) is 0 Å². The van der Waals surface area contributed by atoms with Crippen LogP contribution in [0.15, 0.2) is 0 Å². The van der Waals surface area contributed by atoms with E-state index in [4.69, 9.17) is 9.47 Å². The topological polar surface area (TPSA) is 34.6 Å². The molecule has 2 aliphatic heterocycles. The van der Waals surface area contributed by atoms with E-state index in [1.54, 1.807) is 0 Å². The summed E-state index contributed by atoms with van der Waals surface area (Å²) in [5.74, 6) is -0.259. The zero-order valence-electron chi connectivity index (χ0n) is 11.1. The van der Waals surface area contributed by atoms with Gasteiger partial charge in [-0.15, -0.1) is 11.3 Å². The second-order valence-corrected chi connectivity index (χ2v) is 6.42. The van der Waals surface area contributed by atoms with E-state index in [0.717, 1.165) is 45.7 Å². The summed E-state index contributed by atoms with van der Waals surface area (Å²) >= 11 is 1.82. The van der Waals surface area contributed by atoms with Gasteiger partial charge in [0.15, 0.2) is 5.79 Å². The summed E-state index contributed by atoms with van der Waals surface area (Å²) in [5.41, 5.74) is 1.17. The summed E-state index contributed by atoms with van der Waals surface area (Å²) in [7, 11) is 0. The maximum Gasteiger partial charge on any atom is 0.170 e. The monoisotopic (exact) mass is 268 g/mol. The minimum absolute atomic E-state index is 0.259. The summed E-state index contributed by atoms with van der Waals surface area (Å²) in [4.78, 5) is 8.39. The van der Waals surface area contributed by atoms with E-state index in [-0.39, 0.29) is 5.79 Å². The number of piperidine rings is 1. The molecule has 0 radical (unpaired) electrons. The smallest absolute Gasteiger partial charge is 0.170 e. The molecule has 0 aromatic carbocycles. The fourth-order valence-corrected chi connectivity index (χ4v) is 3.61. The lowest BCUT2D eigenvalue weighted by Crippen LogP contribution is -2.44. The van der Waals surface area contributed by atoms with Crippen LogP contribution in [0, 0.1) is 13.8 Å². The number of aryl methyl sites for hydroxylation is 2. The van der Waals surface area contributed by atoms with Gasteiger partial charge in [-0.3, -0.25) is 4.90 Å². The predicted octanol–water partition coefficient (Wildman–Crippen LogP) is 2.10. The highest BCUT2D eigenvalue weighted by Gasteiger charge is 2.39. The van der Waals surface area contributed by atoms with Gasteiger partial charge in [0.1, 0.15) is 5.01 Å². The maximum absolute atomic E-state index is 5.74. The molecule has 0 bridgehead atoms. The Balaban J connectivity index is 1.56. The molecule has 0 saturated carbocycles. The molecule has 1 aromatic rings. The van der Waals surface area contributed by atoms with Gasteiger partial charge in [0.05, 0.1) is 25.5 Å². The summed E-state index contributed by atoms with van der Waals surface area (Å²) in [6.07, 6.45) is 1.96. The molecule has 0 amide bonds. The molecule has 18 heavy (non-hydrogen) atoms. The Morgan fingerprint density at radius 1 is 1.22 bits per heavy atom. The highest BCUT2D eigenvalue weighted by Crippen LogP contribution is 2.32. The minimum Gasteiger partial charge on any atom is -0.347 e. The molecule has 0 atom stereocenters. The van der Waals surface area contributed by atoms with Gasteiger partial charge < -0.3 is 9.47 Å². The predicted molar refractivity (Wildman–Crippen MR) is 70.7 cm³/mol. The van der Waals surface area contributed by atoms with Crippen molar-refractivity contribution in [1.82, 2.24) is 9.88 Å². The van der Waals surface area contributed by atoms with E-state index in [0.29, 0.717) is 0 Å². The van der Waals surface area contributed by atoms with Crippen LogP contribution >= 0.6 is 11.3 Å². The number of nitrogens with zero attached hydrogens (tertiary/aromatic N) is 2. The van der Waals surface area contributed by atoms with Crippen molar-refractivity contribution in [3.63, 3.8) is 0 Å². The van der Waals surface area contributed by atoms with Crippen LogP contribution in [0.2, 0.25) is 0 Å². The molecule has 4 nitrogen and oxygen atoms in total. The Morgan fingerprint density at radius 3 is 2.44 bits per heavy atom. The van der Waals surface area contributed by atoms with Crippen molar-refractivity contribution in [2.45, 2.75) is 39.0 Å². The first kappa shape index (κ1) is 12.5. The molecule has 2 saturated heterocycles. The average molecular weight is 268 g/mol. The molecule has 1 spiro atoms. The molecule has 0 N–H and O–H groups in total. The highest BCUT2D eigenvalue weighted by molar-refractivity contribution is 7.11. The molecule has 2 fully saturated rings. The Labute approximate surface area is 112 Å². The van der Waals surface area contributed by atoms with E-state index in [1.165, 1.54) is 15.6 Å². The number of thiazole rings is 1. The third-order valence-electron chi connectivity index (χ3n) is 3.86. The van der Waals surface area contributed by atoms with Crippen LogP contribution in [0.4, 0.5) is 0 Å². The SMILES string of the molecule is Cc1nc(CN2CCC3(CC2)OCCO3)sc1C. The Hall–Kier alpha value is -0.490. The summed E-state index contributed by atoms with van der Waals surface area (Å²) in [6.45, 7) is 8.78. The van der Waals surface area contributed by atoms with Crippen LogP contribution in [0.25, 0.3) is 0 Å². The standard InChI is InChI=1S/C13H20N2O2S/c1-10-11(2)18-12(14-10)9-15-5-3-13(4-6-15)16-7-8-17-13/h3-9H2,1-2H3. The third-order valence-corrected chi connectivity index (χ3v) is 4.92. The first-order chi connectivity index (χ1) is 8.67. The number of hydrogen-bond acceptors (Lipinski definition) is 5. The molecule has 0 aliphatic carbocycles. The summed E-state index contributed by atoms with van der Waals surface area (Å²) < 4.78 is 11.5. The van der Waals surface area contributed by atoms with Crippen LogP contribution in [-0.4, -0.2) is 42.0 Å². The first-order valence-electron chi connectivity index (χ1n) is 6.60. The number of rotatable bonds is 2. The molecule has 5 heteroatoms. The van der Waals surface area contributed by atoms with Crippen molar-refractivity contribution in [3.8, 4) is 0 Å². The van der Waals surface area contributed by atoms with E-state index in [2.05, 4.69) is 23.7 Å². The number of likely N-dealkylation sites (tertiary alicyclic amines) is 1. The first-order valence-corrected chi connectivity index (χ1v) is 7.42. The second kappa shape index (κ2) is 4.89. The van der Waals surface area contributed by atoms with Crippen molar-refractivity contribution in [2.24, 2.45) is 0 Å². The lowest BCUT2D eigenvalue weighted by molar-refractivity contribution is -0.185. The Kier molecular flexibility index (Phi) is 3.40. The van der Waals surface area contributed by atoms with Crippen molar-refractivity contribution in [2.75, 3.05) is 26.3 Å². The number of hydrogen-bond donors (Lipinski definition) is 0. The molecule has 1 aromatic heterocycles. The van der Waals surface area contributed by atoms with Gasteiger partial charge in [-0.25, -0.2) is 4.98 Å². The van der Waals surface area contributed by atoms with Gasteiger partial charge in [0.2, 0.25) is 0 Å². The average Bonchev–Trinajstić information content (AvgIpc) is 2.92. The fourth-order valence-electron chi connectivity index (χ4n) is 2.64. The van der Waals surface area contributed by atoms with E-state index < -0.39 is 0 Å². The largest absolute Gasteiger partial charge is 0.347 e. The molecular formula is C13H20N2O2S. The lowest BCUT2D eigenvalue weighted by atomic mass is 10.0. The summed E-state index contributed by atoms with van der Waals surface area (Å²) in [5, 5.41) is 1.23. The normalized spacial score (nSPS) is 23.9. The van der Waals surface area contributed by atoms with Gasteiger partial charge in [-0.2, -0.15) is 0 Å². The highest BCUT2D eigenvalue weighted by atomic mass is 32.1. The molecule has 3 heterocycles. The van der Waals surface area contributed by atoms with Gasteiger partial charge in [-0.1, -0.05) is 0 Å². The minimum atomic E-state index is -0.259. The van der Waals surface area contributed by atoms with Crippen molar-refractivity contribution in [3.05, 3.63) is 15.6 Å². The van der Waals surface area contributed by atoms with E-state index in [1.807, 2.05) is 11.3 Å². The van der Waals surface area contributed by atoms with Gasteiger partial charge >= 0.3 is 0 Å². The molecular weight excluding hydrogens is 248 g/mol. The van der Waals surface area contributed by atoms with Gasteiger partial charge in [0, 0.05) is 30.8 Å².